The zero-order valence-electron chi connectivity index (χ0n) is 8.97. The highest BCUT2D eigenvalue weighted by Crippen LogP contribution is 2.15. The fourth-order valence-corrected chi connectivity index (χ4v) is 2.16. The minimum atomic E-state index is 0.676. The molecule has 2 fully saturated rings. The van der Waals surface area contributed by atoms with Crippen molar-refractivity contribution >= 4 is 0 Å². The van der Waals surface area contributed by atoms with Gasteiger partial charge in [0.05, 0.1) is 0 Å². The summed E-state index contributed by atoms with van der Waals surface area (Å²) in [6.45, 7) is 2.07. The van der Waals surface area contributed by atoms with Crippen molar-refractivity contribution in [3.63, 3.8) is 0 Å². The molecule has 1 saturated carbocycles. The molecule has 0 aromatic rings. The molecular formula is C11H24N2. The third-order valence-corrected chi connectivity index (χ3v) is 3.19. The Hall–Kier alpha value is -0.0800. The second kappa shape index (κ2) is 6.39. The van der Waals surface area contributed by atoms with Gasteiger partial charge >= 0.3 is 0 Å². The lowest BCUT2D eigenvalue weighted by Crippen LogP contribution is -2.31. The lowest BCUT2D eigenvalue weighted by atomic mass is 10.2. The standard InChI is InChI=1S/C6H14N2.C5H10/c1-8-4-2-3-6(8)5-7;1-2-4-5-3-1/h6H,2-5,7H2,1H3;1-5H2/t6-;/m1./s1. The zero-order valence-corrected chi connectivity index (χ0v) is 8.97. The maximum absolute atomic E-state index is 5.48. The van der Waals surface area contributed by atoms with Crippen molar-refractivity contribution < 1.29 is 0 Å². The summed E-state index contributed by atoms with van der Waals surface area (Å²) in [6.07, 6.45) is 10.1. The Bertz CT molecular complexity index is 114. The molecule has 13 heavy (non-hydrogen) atoms. The molecule has 0 unspecified atom stereocenters. The van der Waals surface area contributed by atoms with E-state index in [0.717, 1.165) is 6.54 Å². The third-order valence-electron chi connectivity index (χ3n) is 3.19. The van der Waals surface area contributed by atoms with Crippen LogP contribution in [0.3, 0.4) is 0 Å². The normalized spacial score (nSPS) is 28.6. The Morgan fingerprint density at radius 2 is 1.62 bits per heavy atom. The van der Waals surface area contributed by atoms with Crippen LogP contribution in [0.2, 0.25) is 0 Å². The minimum Gasteiger partial charge on any atom is -0.329 e. The van der Waals surface area contributed by atoms with Gasteiger partial charge in [-0.3, -0.25) is 0 Å². The van der Waals surface area contributed by atoms with Crippen molar-refractivity contribution in [2.45, 2.75) is 51.0 Å². The first-order chi connectivity index (χ1) is 6.34. The molecule has 78 valence electrons. The Morgan fingerprint density at radius 1 is 1.08 bits per heavy atom. The van der Waals surface area contributed by atoms with Gasteiger partial charge in [-0.2, -0.15) is 0 Å². The Morgan fingerprint density at radius 3 is 1.85 bits per heavy atom. The fraction of sp³-hybridized carbons (Fsp3) is 1.00. The van der Waals surface area contributed by atoms with E-state index in [1.807, 2.05) is 0 Å². The maximum Gasteiger partial charge on any atom is 0.0215 e. The van der Waals surface area contributed by atoms with Crippen molar-refractivity contribution in [1.29, 1.82) is 0 Å². The van der Waals surface area contributed by atoms with E-state index >= 15 is 0 Å². The van der Waals surface area contributed by atoms with E-state index in [9.17, 15) is 0 Å². The average Bonchev–Trinajstić information content (AvgIpc) is 2.76. The Balaban J connectivity index is 0.000000145. The van der Waals surface area contributed by atoms with Gasteiger partial charge in [-0.05, 0) is 26.4 Å². The summed E-state index contributed by atoms with van der Waals surface area (Å²) < 4.78 is 0. The Kier molecular flexibility index (Phi) is 5.40. The van der Waals surface area contributed by atoms with Crippen LogP contribution in [-0.2, 0) is 0 Å². The van der Waals surface area contributed by atoms with Crippen molar-refractivity contribution in [1.82, 2.24) is 4.90 Å². The van der Waals surface area contributed by atoms with E-state index in [1.54, 1.807) is 0 Å². The summed E-state index contributed by atoms with van der Waals surface area (Å²) >= 11 is 0. The maximum atomic E-state index is 5.48. The van der Waals surface area contributed by atoms with Crippen LogP contribution in [0.25, 0.3) is 0 Å². The van der Waals surface area contributed by atoms with E-state index in [0.29, 0.717) is 6.04 Å². The van der Waals surface area contributed by atoms with Crippen LogP contribution in [0.4, 0.5) is 0 Å². The highest BCUT2D eigenvalue weighted by Gasteiger charge is 2.17. The third kappa shape index (κ3) is 4.10. The number of rotatable bonds is 1. The van der Waals surface area contributed by atoms with E-state index in [2.05, 4.69) is 11.9 Å². The molecule has 1 aliphatic heterocycles. The summed E-state index contributed by atoms with van der Waals surface area (Å²) in [5.74, 6) is 0. The first kappa shape index (κ1) is 11.0. The molecule has 1 saturated heterocycles. The van der Waals surface area contributed by atoms with E-state index in [-0.39, 0.29) is 0 Å². The quantitative estimate of drug-likeness (QED) is 0.675. The molecule has 0 amide bonds. The van der Waals surface area contributed by atoms with E-state index in [4.69, 9.17) is 5.73 Å². The molecule has 0 aromatic heterocycles. The van der Waals surface area contributed by atoms with Crippen LogP contribution in [0.5, 0.6) is 0 Å². The van der Waals surface area contributed by atoms with Crippen LogP contribution in [0, 0.1) is 0 Å². The number of nitrogens with zero attached hydrogens (tertiary/aromatic N) is 1. The van der Waals surface area contributed by atoms with E-state index < -0.39 is 0 Å². The van der Waals surface area contributed by atoms with Gasteiger partial charge in [0.1, 0.15) is 0 Å². The monoisotopic (exact) mass is 184 g/mol. The van der Waals surface area contributed by atoms with E-state index in [1.165, 1.54) is 51.5 Å². The predicted octanol–water partition coefficient (Wildman–Crippen LogP) is 1.99. The lowest BCUT2D eigenvalue weighted by molar-refractivity contribution is 0.317. The molecule has 2 aliphatic rings. The summed E-state index contributed by atoms with van der Waals surface area (Å²) in [4.78, 5) is 2.33. The smallest absolute Gasteiger partial charge is 0.0215 e. The molecule has 0 radical (unpaired) electrons. The molecule has 0 bridgehead atoms. The van der Waals surface area contributed by atoms with Gasteiger partial charge < -0.3 is 10.6 Å². The minimum absolute atomic E-state index is 0.676. The van der Waals surface area contributed by atoms with Crippen LogP contribution >= 0.6 is 0 Å². The zero-order chi connectivity index (χ0) is 9.52. The molecule has 1 heterocycles. The average molecular weight is 184 g/mol. The topological polar surface area (TPSA) is 29.3 Å². The summed E-state index contributed by atoms with van der Waals surface area (Å²) in [5.41, 5.74) is 5.48. The van der Waals surface area contributed by atoms with Crippen molar-refractivity contribution in [2.75, 3.05) is 20.1 Å². The van der Waals surface area contributed by atoms with Crippen molar-refractivity contribution in [3.8, 4) is 0 Å². The van der Waals surface area contributed by atoms with Gasteiger partial charge in [0, 0.05) is 12.6 Å². The molecular weight excluding hydrogens is 160 g/mol. The van der Waals surface area contributed by atoms with Gasteiger partial charge in [-0.25, -0.2) is 0 Å². The number of hydrogen-bond donors (Lipinski definition) is 1. The molecule has 2 N–H and O–H groups in total. The second-order valence-electron chi connectivity index (χ2n) is 4.28. The molecule has 1 aliphatic carbocycles. The lowest BCUT2D eigenvalue weighted by Gasteiger charge is -2.15. The molecule has 2 rings (SSSR count). The van der Waals surface area contributed by atoms with Gasteiger partial charge in [0.25, 0.3) is 0 Å². The number of likely N-dealkylation sites (tertiary alicyclic amines) is 1. The number of likely N-dealkylation sites (N-methyl/N-ethyl adjacent to an activating group) is 1. The SMILES string of the molecule is C1CCCC1.CN1CCC[C@@H]1CN. The first-order valence-corrected chi connectivity index (χ1v) is 5.75. The van der Waals surface area contributed by atoms with Gasteiger partial charge in [-0.1, -0.05) is 32.1 Å². The highest BCUT2D eigenvalue weighted by molar-refractivity contribution is 4.76. The van der Waals surface area contributed by atoms with Crippen LogP contribution in [0.15, 0.2) is 0 Å². The summed E-state index contributed by atoms with van der Waals surface area (Å²) in [6, 6.07) is 0.676. The van der Waals surface area contributed by atoms with Gasteiger partial charge in [-0.15, -0.1) is 0 Å². The molecule has 1 atom stereocenters. The van der Waals surface area contributed by atoms with Gasteiger partial charge in [0.2, 0.25) is 0 Å². The highest BCUT2D eigenvalue weighted by atomic mass is 15.2. The fourth-order valence-electron chi connectivity index (χ4n) is 2.16. The predicted molar refractivity (Wildman–Crippen MR) is 57.8 cm³/mol. The molecule has 2 nitrogen and oxygen atoms in total. The van der Waals surface area contributed by atoms with Crippen LogP contribution in [-0.4, -0.2) is 31.1 Å². The van der Waals surface area contributed by atoms with Crippen LogP contribution in [0.1, 0.15) is 44.9 Å². The second-order valence-corrected chi connectivity index (χ2v) is 4.28. The number of nitrogens with two attached hydrogens (primary N) is 1. The largest absolute Gasteiger partial charge is 0.329 e. The molecule has 0 aromatic carbocycles. The number of hydrogen-bond acceptors (Lipinski definition) is 2. The Labute approximate surface area is 82.5 Å². The van der Waals surface area contributed by atoms with Crippen LogP contribution < -0.4 is 5.73 Å². The van der Waals surface area contributed by atoms with Gasteiger partial charge in [0.15, 0.2) is 0 Å². The molecule has 2 heteroatoms. The summed E-state index contributed by atoms with van der Waals surface area (Å²) in [7, 11) is 2.14. The first-order valence-electron chi connectivity index (χ1n) is 5.75. The van der Waals surface area contributed by atoms with Crippen molar-refractivity contribution in [2.24, 2.45) is 5.73 Å². The summed E-state index contributed by atoms with van der Waals surface area (Å²) in [5, 5.41) is 0. The van der Waals surface area contributed by atoms with Crippen molar-refractivity contribution in [3.05, 3.63) is 0 Å². The molecule has 0 spiro atoms.